The van der Waals surface area contributed by atoms with E-state index in [2.05, 4.69) is 16.6 Å². The Kier molecular flexibility index (Phi) is 4.86. The molecule has 2 rings (SSSR count). The first-order chi connectivity index (χ1) is 9.56. The maximum Gasteiger partial charge on any atom is 0.277 e. The van der Waals surface area contributed by atoms with Crippen LogP contribution in [0, 0.1) is 17.0 Å². The van der Waals surface area contributed by atoms with Gasteiger partial charge in [-0.3, -0.25) is 10.1 Å². The van der Waals surface area contributed by atoms with Crippen molar-refractivity contribution in [3.63, 3.8) is 0 Å². The van der Waals surface area contributed by atoms with E-state index >= 15 is 0 Å². The zero-order valence-corrected chi connectivity index (χ0v) is 12.8. The largest absolute Gasteiger partial charge is 0.368 e. The molecule has 0 radical (unpaired) electrons. The highest BCUT2D eigenvalue weighted by Gasteiger charge is 2.31. The molecule has 0 aliphatic heterocycles. The number of nitrogens with zero attached hydrogens (tertiary/aromatic N) is 2. The Hall–Kier alpha value is -1.30. The summed E-state index contributed by atoms with van der Waals surface area (Å²) >= 11 is 1.90. The van der Waals surface area contributed by atoms with Crippen LogP contribution >= 0.6 is 11.8 Å². The summed E-state index contributed by atoms with van der Waals surface area (Å²) in [4.78, 5) is 14.8. The van der Waals surface area contributed by atoms with Crippen molar-refractivity contribution in [2.75, 3.05) is 18.1 Å². The van der Waals surface area contributed by atoms with E-state index in [0.717, 1.165) is 6.54 Å². The first-order valence-electron chi connectivity index (χ1n) is 6.96. The van der Waals surface area contributed by atoms with Gasteiger partial charge < -0.3 is 5.32 Å². The van der Waals surface area contributed by atoms with Crippen LogP contribution in [0.15, 0.2) is 12.3 Å². The SMILES string of the molecule is CSC1(CNc2cc([N+](=O)[O-])c(C)cn2)CCCCC1. The molecule has 0 atom stereocenters. The highest BCUT2D eigenvalue weighted by Crippen LogP contribution is 2.38. The molecule has 0 unspecified atom stereocenters. The standard InChI is InChI=1S/C14H21N3O2S/c1-11-9-15-13(8-12(11)17(18)19)16-10-14(20-2)6-4-3-5-7-14/h8-9H,3-7,10H2,1-2H3,(H,15,16). The average molecular weight is 295 g/mol. The first kappa shape index (κ1) is 15.1. The molecule has 20 heavy (non-hydrogen) atoms. The lowest BCUT2D eigenvalue weighted by Gasteiger charge is -2.36. The van der Waals surface area contributed by atoms with Crippen LogP contribution in [0.4, 0.5) is 11.5 Å². The van der Waals surface area contributed by atoms with E-state index in [1.54, 1.807) is 13.1 Å². The quantitative estimate of drug-likeness (QED) is 0.661. The van der Waals surface area contributed by atoms with Crippen LogP contribution in [-0.4, -0.2) is 27.5 Å². The Morgan fingerprint density at radius 3 is 2.75 bits per heavy atom. The molecule has 0 saturated heterocycles. The van der Waals surface area contributed by atoms with Gasteiger partial charge in [-0.15, -0.1) is 0 Å². The Morgan fingerprint density at radius 2 is 2.15 bits per heavy atom. The van der Waals surface area contributed by atoms with Crippen molar-refractivity contribution >= 4 is 23.3 Å². The number of hydrogen-bond acceptors (Lipinski definition) is 5. The smallest absolute Gasteiger partial charge is 0.277 e. The molecular weight excluding hydrogens is 274 g/mol. The Labute approximate surface area is 123 Å². The lowest BCUT2D eigenvalue weighted by Crippen LogP contribution is -2.35. The van der Waals surface area contributed by atoms with Gasteiger partial charge in [-0.05, 0) is 26.0 Å². The normalized spacial score (nSPS) is 17.7. The second-order valence-corrected chi connectivity index (χ2v) is 6.69. The summed E-state index contributed by atoms with van der Waals surface area (Å²) in [5.74, 6) is 0.598. The predicted octanol–water partition coefficient (Wildman–Crippen LogP) is 3.78. The van der Waals surface area contributed by atoms with Crippen molar-refractivity contribution < 1.29 is 4.92 Å². The summed E-state index contributed by atoms with van der Waals surface area (Å²) in [6.07, 6.45) is 9.97. The van der Waals surface area contributed by atoms with Crippen molar-refractivity contribution in [3.8, 4) is 0 Å². The highest BCUT2D eigenvalue weighted by molar-refractivity contribution is 8.00. The van der Waals surface area contributed by atoms with Crippen molar-refractivity contribution in [1.29, 1.82) is 0 Å². The molecule has 1 heterocycles. The molecule has 1 aliphatic rings. The van der Waals surface area contributed by atoms with E-state index in [1.165, 1.54) is 38.2 Å². The maximum absolute atomic E-state index is 10.9. The number of pyridine rings is 1. The van der Waals surface area contributed by atoms with Crippen LogP contribution < -0.4 is 5.32 Å². The van der Waals surface area contributed by atoms with Crippen molar-refractivity contribution in [2.24, 2.45) is 0 Å². The molecule has 1 aromatic rings. The van der Waals surface area contributed by atoms with E-state index in [9.17, 15) is 10.1 Å². The van der Waals surface area contributed by atoms with Crippen LogP contribution in [-0.2, 0) is 0 Å². The lowest BCUT2D eigenvalue weighted by molar-refractivity contribution is -0.385. The molecule has 1 aromatic heterocycles. The minimum atomic E-state index is -0.354. The number of nitrogens with one attached hydrogen (secondary N) is 1. The molecule has 5 nitrogen and oxygen atoms in total. The topological polar surface area (TPSA) is 68.1 Å². The Morgan fingerprint density at radius 1 is 1.45 bits per heavy atom. The van der Waals surface area contributed by atoms with Gasteiger partial charge in [0.15, 0.2) is 0 Å². The first-order valence-corrected chi connectivity index (χ1v) is 8.19. The van der Waals surface area contributed by atoms with Gasteiger partial charge in [0.25, 0.3) is 5.69 Å². The van der Waals surface area contributed by atoms with E-state index in [-0.39, 0.29) is 15.4 Å². The minimum Gasteiger partial charge on any atom is -0.368 e. The third-order valence-corrected chi connectivity index (χ3v) is 5.48. The monoisotopic (exact) mass is 295 g/mol. The van der Waals surface area contributed by atoms with Crippen LogP contribution in [0.5, 0.6) is 0 Å². The molecule has 0 aromatic carbocycles. The van der Waals surface area contributed by atoms with E-state index in [4.69, 9.17) is 0 Å². The molecule has 1 saturated carbocycles. The van der Waals surface area contributed by atoms with Gasteiger partial charge in [0.1, 0.15) is 5.82 Å². The second kappa shape index (κ2) is 6.43. The van der Waals surface area contributed by atoms with Crippen LogP contribution in [0.2, 0.25) is 0 Å². The lowest BCUT2D eigenvalue weighted by atomic mass is 9.88. The predicted molar refractivity (Wildman–Crippen MR) is 83.4 cm³/mol. The number of aryl methyl sites for hydroxylation is 1. The van der Waals surface area contributed by atoms with E-state index < -0.39 is 0 Å². The van der Waals surface area contributed by atoms with Crippen molar-refractivity contribution in [2.45, 2.75) is 43.8 Å². The highest BCUT2D eigenvalue weighted by atomic mass is 32.2. The van der Waals surface area contributed by atoms with E-state index in [1.807, 2.05) is 11.8 Å². The maximum atomic E-state index is 10.9. The number of aromatic nitrogens is 1. The molecule has 1 fully saturated rings. The molecule has 1 aliphatic carbocycles. The zero-order chi connectivity index (χ0) is 14.6. The minimum absolute atomic E-state index is 0.129. The number of rotatable bonds is 5. The number of hydrogen-bond donors (Lipinski definition) is 1. The van der Waals surface area contributed by atoms with Gasteiger partial charge in [0.05, 0.1) is 11.0 Å². The number of anilines is 1. The summed E-state index contributed by atoms with van der Waals surface area (Å²) in [5, 5.41) is 14.2. The molecular formula is C14H21N3O2S. The van der Waals surface area contributed by atoms with Gasteiger partial charge in [-0.2, -0.15) is 11.8 Å². The fourth-order valence-corrected chi connectivity index (χ4v) is 3.62. The molecule has 1 N–H and O–H groups in total. The summed E-state index contributed by atoms with van der Waals surface area (Å²) in [6.45, 7) is 2.53. The molecule has 6 heteroatoms. The molecule has 110 valence electrons. The van der Waals surface area contributed by atoms with Gasteiger partial charge >= 0.3 is 0 Å². The third kappa shape index (κ3) is 3.42. The average Bonchev–Trinajstić information content (AvgIpc) is 2.47. The Balaban J connectivity index is 2.06. The zero-order valence-electron chi connectivity index (χ0n) is 12.0. The molecule has 0 bridgehead atoms. The van der Waals surface area contributed by atoms with E-state index in [0.29, 0.717) is 11.4 Å². The van der Waals surface area contributed by atoms with Gasteiger partial charge in [0.2, 0.25) is 0 Å². The van der Waals surface area contributed by atoms with Crippen molar-refractivity contribution in [1.82, 2.24) is 4.98 Å². The number of thioether (sulfide) groups is 1. The summed E-state index contributed by atoms with van der Waals surface area (Å²) in [6, 6.07) is 1.53. The van der Waals surface area contributed by atoms with Gasteiger partial charge in [-0.25, -0.2) is 4.98 Å². The van der Waals surface area contributed by atoms with Crippen LogP contribution in [0.3, 0.4) is 0 Å². The second-order valence-electron chi connectivity index (χ2n) is 5.41. The van der Waals surface area contributed by atoms with Crippen LogP contribution in [0.1, 0.15) is 37.7 Å². The summed E-state index contributed by atoms with van der Waals surface area (Å²) in [5.41, 5.74) is 0.724. The summed E-state index contributed by atoms with van der Waals surface area (Å²) < 4.78 is 0.250. The van der Waals surface area contributed by atoms with Gasteiger partial charge in [-0.1, -0.05) is 19.3 Å². The van der Waals surface area contributed by atoms with Gasteiger partial charge in [0, 0.05) is 23.1 Å². The fourth-order valence-electron chi connectivity index (χ4n) is 2.71. The Bertz CT molecular complexity index is 487. The fraction of sp³-hybridized carbons (Fsp3) is 0.643. The summed E-state index contributed by atoms with van der Waals surface area (Å²) in [7, 11) is 0. The number of nitro groups is 1. The van der Waals surface area contributed by atoms with Crippen molar-refractivity contribution in [3.05, 3.63) is 27.9 Å². The molecule has 0 spiro atoms. The van der Waals surface area contributed by atoms with Crippen LogP contribution in [0.25, 0.3) is 0 Å². The molecule has 0 amide bonds. The third-order valence-electron chi connectivity index (χ3n) is 4.06.